The summed E-state index contributed by atoms with van der Waals surface area (Å²) in [4.78, 5) is 15.6. The minimum atomic E-state index is 0. The molecule has 1 saturated carbocycles. The van der Waals surface area contributed by atoms with Crippen LogP contribution in [0.4, 0.5) is 0 Å². The molecule has 0 radical (unpaired) electrons. The first-order valence-electron chi connectivity index (χ1n) is 9.59. The van der Waals surface area contributed by atoms with E-state index in [9.17, 15) is 4.79 Å². The average molecular weight is 389 g/mol. The Morgan fingerprint density at radius 1 is 1.26 bits per heavy atom. The van der Waals surface area contributed by atoms with Gasteiger partial charge in [-0.15, -0.1) is 12.4 Å². The van der Waals surface area contributed by atoms with Crippen LogP contribution in [0.25, 0.3) is 0 Å². The van der Waals surface area contributed by atoms with Crippen molar-refractivity contribution < 1.29 is 4.79 Å². The Hall–Kier alpha value is -1.85. The summed E-state index contributed by atoms with van der Waals surface area (Å²) < 4.78 is 1.82. The first-order valence-corrected chi connectivity index (χ1v) is 9.59. The first-order chi connectivity index (χ1) is 12.5. The molecule has 1 N–H and O–H groups in total. The van der Waals surface area contributed by atoms with E-state index in [4.69, 9.17) is 0 Å². The van der Waals surface area contributed by atoms with Gasteiger partial charge in [0.25, 0.3) is 0 Å². The Kier molecular flexibility index (Phi) is 5.92. The van der Waals surface area contributed by atoms with Crippen LogP contribution in [0.2, 0.25) is 0 Å². The first kappa shape index (κ1) is 19.9. The summed E-state index contributed by atoms with van der Waals surface area (Å²) in [7, 11) is 1.93. The monoisotopic (exact) mass is 388 g/mol. The lowest BCUT2D eigenvalue weighted by molar-refractivity contribution is -0.136. The largest absolute Gasteiger partial charge is 0.335 e. The van der Waals surface area contributed by atoms with Gasteiger partial charge in [-0.1, -0.05) is 18.2 Å². The van der Waals surface area contributed by atoms with E-state index >= 15 is 0 Å². The highest BCUT2D eigenvalue weighted by molar-refractivity contribution is 5.85. The van der Waals surface area contributed by atoms with Crippen molar-refractivity contribution in [2.24, 2.45) is 13.0 Å². The topological polar surface area (TPSA) is 50.2 Å². The quantitative estimate of drug-likeness (QED) is 0.856. The molecule has 2 aliphatic rings. The number of rotatable bonds is 5. The number of nitrogens with zero attached hydrogens (tertiary/aromatic N) is 3. The molecule has 2 heterocycles. The SMILES string of the molecule is Cc1ccc(CN(C(=O)[C@H]2CNC[C@@H]2c2cnn(C)c2)C2CC2)cc1C.Cl. The number of halogens is 1. The van der Waals surface area contributed by atoms with Crippen molar-refractivity contribution in [3.8, 4) is 0 Å². The van der Waals surface area contributed by atoms with Crippen molar-refractivity contribution >= 4 is 18.3 Å². The molecule has 146 valence electrons. The summed E-state index contributed by atoms with van der Waals surface area (Å²) in [6.45, 7) is 6.60. The van der Waals surface area contributed by atoms with Crippen LogP contribution in [0, 0.1) is 19.8 Å². The summed E-state index contributed by atoms with van der Waals surface area (Å²) in [5.41, 5.74) is 4.99. The number of hydrogen-bond donors (Lipinski definition) is 1. The molecule has 0 spiro atoms. The number of hydrogen-bond acceptors (Lipinski definition) is 3. The van der Waals surface area contributed by atoms with Gasteiger partial charge in [-0.2, -0.15) is 5.10 Å². The van der Waals surface area contributed by atoms with Crippen LogP contribution >= 0.6 is 12.4 Å². The molecule has 1 aromatic heterocycles. The molecule has 1 aromatic carbocycles. The number of aryl methyl sites for hydroxylation is 3. The molecule has 1 aliphatic heterocycles. The van der Waals surface area contributed by atoms with Gasteiger partial charge in [0.2, 0.25) is 5.91 Å². The van der Waals surface area contributed by atoms with Gasteiger partial charge in [-0.25, -0.2) is 0 Å². The molecule has 1 amide bonds. The van der Waals surface area contributed by atoms with E-state index in [0.717, 1.165) is 38.0 Å². The minimum absolute atomic E-state index is 0. The van der Waals surface area contributed by atoms with Crippen LogP contribution in [0.5, 0.6) is 0 Å². The minimum Gasteiger partial charge on any atom is -0.335 e. The summed E-state index contributed by atoms with van der Waals surface area (Å²) in [6, 6.07) is 6.97. The number of nitrogens with one attached hydrogen (secondary N) is 1. The third kappa shape index (κ3) is 4.19. The summed E-state index contributed by atoms with van der Waals surface area (Å²) in [5, 5.41) is 7.72. The van der Waals surface area contributed by atoms with E-state index in [2.05, 4.69) is 47.4 Å². The number of carbonyl (C=O) groups is 1. The van der Waals surface area contributed by atoms with Gasteiger partial charge in [-0.3, -0.25) is 9.48 Å². The Morgan fingerprint density at radius 2 is 2.04 bits per heavy atom. The van der Waals surface area contributed by atoms with Gasteiger partial charge in [0.05, 0.1) is 12.1 Å². The number of carbonyl (C=O) groups excluding carboxylic acids is 1. The summed E-state index contributed by atoms with van der Waals surface area (Å²) >= 11 is 0. The zero-order valence-corrected chi connectivity index (χ0v) is 17.1. The lowest BCUT2D eigenvalue weighted by Crippen LogP contribution is -2.39. The molecule has 27 heavy (non-hydrogen) atoms. The van der Waals surface area contributed by atoms with Crippen molar-refractivity contribution in [1.29, 1.82) is 0 Å². The maximum Gasteiger partial charge on any atom is 0.228 e. The van der Waals surface area contributed by atoms with Crippen molar-refractivity contribution in [2.45, 2.75) is 45.2 Å². The Balaban J connectivity index is 0.00000210. The second-order valence-electron chi connectivity index (χ2n) is 7.93. The van der Waals surface area contributed by atoms with Crippen LogP contribution in [-0.4, -0.2) is 39.7 Å². The standard InChI is InChI=1S/C21H28N4O.ClH/c1-14-4-5-16(8-15(14)2)12-25(18-6-7-18)21(26)20-11-22-10-19(20)17-9-23-24(3)13-17;/h4-5,8-9,13,18-20,22H,6-7,10-12H2,1-3H3;1H/t19-,20+;/m1./s1. The van der Waals surface area contributed by atoms with Gasteiger partial charge < -0.3 is 10.2 Å². The van der Waals surface area contributed by atoms with Crippen LogP contribution in [0.3, 0.4) is 0 Å². The molecule has 2 atom stereocenters. The Labute approximate surface area is 167 Å². The maximum atomic E-state index is 13.4. The normalized spacial score (nSPS) is 21.7. The second kappa shape index (κ2) is 8.03. The van der Waals surface area contributed by atoms with Gasteiger partial charge in [0.1, 0.15) is 0 Å². The average Bonchev–Trinajstić information content (AvgIpc) is 3.17. The zero-order valence-electron chi connectivity index (χ0n) is 16.3. The highest BCUT2D eigenvalue weighted by atomic mass is 35.5. The fraction of sp³-hybridized carbons (Fsp3) is 0.524. The van der Waals surface area contributed by atoms with Gasteiger partial charge in [-0.05, 0) is 48.9 Å². The molecule has 1 saturated heterocycles. The molecule has 5 nitrogen and oxygen atoms in total. The molecular formula is C21H29ClN4O. The van der Waals surface area contributed by atoms with E-state index in [1.54, 1.807) is 0 Å². The van der Waals surface area contributed by atoms with E-state index < -0.39 is 0 Å². The third-order valence-electron chi connectivity index (χ3n) is 5.88. The fourth-order valence-electron chi connectivity index (χ4n) is 4.00. The highest BCUT2D eigenvalue weighted by Gasteiger charge is 2.41. The number of benzene rings is 1. The van der Waals surface area contributed by atoms with Gasteiger partial charge >= 0.3 is 0 Å². The molecule has 4 rings (SSSR count). The van der Waals surface area contributed by atoms with Crippen molar-refractivity contribution in [2.75, 3.05) is 13.1 Å². The molecule has 1 aliphatic carbocycles. The molecule has 6 heteroatoms. The Bertz CT molecular complexity index is 814. The maximum absolute atomic E-state index is 13.4. The lowest BCUT2D eigenvalue weighted by atomic mass is 9.89. The fourth-order valence-corrected chi connectivity index (χ4v) is 4.00. The molecular weight excluding hydrogens is 360 g/mol. The van der Waals surface area contributed by atoms with Crippen LogP contribution < -0.4 is 5.32 Å². The summed E-state index contributed by atoms with van der Waals surface area (Å²) in [5.74, 6) is 0.521. The molecule has 0 bridgehead atoms. The second-order valence-corrected chi connectivity index (χ2v) is 7.93. The van der Waals surface area contributed by atoms with Crippen LogP contribution in [0.15, 0.2) is 30.6 Å². The van der Waals surface area contributed by atoms with Crippen LogP contribution in [0.1, 0.15) is 41.0 Å². The number of amides is 1. The van der Waals surface area contributed by atoms with Crippen molar-refractivity contribution in [3.63, 3.8) is 0 Å². The smallest absolute Gasteiger partial charge is 0.228 e. The van der Waals surface area contributed by atoms with E-state index in [-0.39, 0.29) is 24.2 Å². The molecule has 0 unspecified atom stereocenters. The van der Waals surface area contributed by atoms with Gasteiger partial charge in [0.15, 0.2) is 0 Å². The van der Waals surface area contributed by atoms with E-state index in [0.29, 0.717) is 11.9 Å². The Morgan fingerprint density at radius 3 is 2.67 bits per heavy atom. The van der Waals surface area contributed by atoms with E-state index in [1.807, 2.05) is 24.1 Å². The lowest BCUT2D eigenvalue weighted by Gasteiger charge is -2.28. The summed E-state index contributed by atoms with van der Waals surface area (Å²) in [6.07, 6.45) is 6.22. The van der Waals surface area contributed by atoms with Crippen molar-refractivity contribution in [3.05, 3.63) is 52.8 Å². The predicted octanol–water partition coefficient (Wildman–Crippen LogP) is 2.95. The molecule has 2 fully saturated rings. The van der Waals surface area contributed by atoms with Crippen molar-refractivity contribution in [1.82, 2.24) is 20.0 Å². The zero-order chi connectivity index (χ0) is 18.3. The van der Waals surface area contributed by atoms with Gasteiger partial charge in [0, 0.05) is 44.8 Å². The third-order valence-corrected chi connectivity index (χ3v) is 5.88. The highest BCUT2D eigenvalue weighted by Crippen LogP contribution is 2.35. The number of aromatic nitrogens is 2. The molecule has 2 aromatic rings. The predicted molar refractivity (Wildman–Crippen MR) is 109 cm³/mol. The van der Waals surface area contributed by atoms with E-state index in [1.165, 1.54) is 16.7 Å². The van der Waals surface area contributed by atoms with Crippen LogP contribution in [-0.2, 0) is 18.4 Å².